The molecule has 2 amide bonds. The average molecular weight is 336 g/mol. The van der Waals surface area contributed by atoms with Crippen LogP contribution in [0, 0.1) is 0 Å². The number of hydrogen-bond acceptors (Lipinski definition) is 5. The van der Waals surface area contributed by atoms with Crippen molar-refractivity contribution in [2.24, 2.45) is 0 Å². The van der Waals surface area contributed by atoms with Crippen LogP contribution in [0.2, 0.25) is 0 Å². The van der Waals surface area contributed by atoms with Crippen molar-refractivity contribution in [1.29, 1.82) is 0 Å². The first-order valence-corrected chi connectivity index (χ1v) is 7.90. The Morgan fingerprint density at radius 1 is 1.08 bits per heavy atom. The number of nitrogens with one attached hydrogen (secondary N) is 2. The third kappa shape index (κ3) is 7.23. The zero-order valence-corrected chi connectivity index (χ0v) is 14.1. The van der Waals surface area contributed by atoms with E-state index in [1.165, 1.54) is 7.11 Å². The molecule has 1 aromatic carbocycles. The zero-order chi connectivity index (χ0) is 17.8. The molecule has 1 rings (SSSR count). The van der Waals surface area contributed by atoms with Gasteiger partial charge >= 0.3 is 5.97 Å². The Kier molecular flexibility index (Phi) is 9.14. The van der Waals surface area contributed by atoms with Crippen LogP contribution in [-0.4, -0.2) is 44.7 Å². The van der Waals surface area contributed by atoms with Crippen LogP contribution in [0.25, 0.3) is 0 Å². The fourth-order valence-corrected chi connectivity index (χ4v) is 1.86. The highest BCUT2D eigenvalue weighted by molar-refractivity contribution is 6.04. The molecule has 0 fully saturated rings. The highest BCUT2D eigenvalue weighted by Gasteiger charge is 2.13. The van der Waals surface area contributed by atoms with Crippen molar-refractivity contribution >= 4 is 23.5 Å². The van der Waals surface area contributed by atoms with Crippen molar-refractivity contribution in [2.75, 3.05) is 32.2 Å². The van der Waals surface area contributed by atoms with Crippen LogP contribution in [0.4, 0.5) is 5.69 Å². The average Bonchev–Trinajstić information content (AvgIpc) is 2.58. The fourth-order valence-electron chi connectivity index (χ4n) is 1.86. The molecular formula is C17H24N2O5. The summed E-state index contributed by atoms with van der Waals surface area (Å²) in [7, 11) is 1.51. The number of ether oxygens (including phenoxy) is 2. The van der Waals surface area contributed by atoms with Crippen molar-refractivity contribution in [3.8, 4) is 0 Å². The first-order valence-electron chi connectivity index (χ1n) is 7.90. The Morgan fingerprint density at radius 3 is 2.54 bits per heavy atom. The SMILES string of the molecule is CCCNC(=O)c1ccccc1NC(=O)CCC(=O)OCCOC. The molecule has 0 spiro atoms. The van der Waals surface area contributed by atoms with E-state index in [4.69, 9.17) is 9.47 Å². The number of methoxy groups -OCH3 is 1. The molecule has 1 aromatic rings. The number of rotatable bonds is 10. The molecule has 0 aromatic heterocycles. The zero-order valence-electron chi connectivity index (χ0n) is 14.1. The van der Waals surface area contributed by atoms with Gasteiger partial charge in [0.25, 0.3) is 5.91 Å². The van der Waals surface area contributed by atoms with Gasteiger partial charge in [-0.15, -0.1) is 0 Å². The quantitative estimate of drug-likeness (QED) is 0.501. The molecule has 0 aliphatic rings. The summed E-state index contributed by atoms with van der Waals surface area (Å²) >= 11 is 0. The maximum absolute atomic E-state index is 12.1. The summed E-state index contributed by atoms with van der Waals surface area (Å²) in [6.45, 7) is 3.00. The van der Waals surface area contributed by atoms with E-state index in [0.29, 0.717) is 24.4 Å². The summed E-state index contributed by atoms with van der Waals surface area (Å²) in [6, 6.07) is 6.74. The number of hydrogen-bond donors (Lipinski definition) is 2. The van der Waals surface area contributed by atoms with Gasteiger partial charge in [0.2, 0.25) is 5.91 Å². The number of esters is 1. The molecule has 0 aliphatic heterocycles. The van der Waals surface area contributed by atoms with Crippen LogP contribution in [0.1, 0.15) is 36.5 Å². The minimum Gasteiger partial charge on any atom is -0.463 e. The summed E-state index contributed by atoms with van der Waals surface area (Å²) in [4.78, 5) is 35.5. The summed E-state index contributed by atoms with van der Waals surface area (Å²) in [6.07, 6.45) is 0.780. The Morgan fingerprint density at radius 2 is 1.83 bits per heavy atom. The number of amides is 2. The molecule has 0 aliphatic carbocycles. The van der Waals surface area contributed by atoms with E-state index in [1.807, 2.05) is 6.92 Å². The molecule has 0 heterocycles. The number of anilines is 1. The summed E-state index contributed by atoms with van der Waals surface area (Å²) in [5.74, 6) is -1.06. The molecule has 0 radical (unpaired) electrons. The Labute approximate surface area is 141 Å². The van der Waals surface area contributed by atoms with Crippen molar-refractivity contribution in [3.05, 3.63) is 29.8 Å². The third-order valence-electron chi connectivity index (χ3n) is 3.09. The van der Waals surface area contributed by atoms with Gasteiger partial charge in [-0.2, -0.15) is 0 Å². The highest BCUT2D eigenvalue weighted by atomic mass is 16.6. The van der Waals surface area contributed by atoms with E-state index in [-0.39, 0.29) is 31.3 Å². The Bertz CT molecular complexity index is 560. The lowest BCUT2D eigenvalue weighted by atomic mass is 10.1. The van der Waals surface area contributed by atoms with Gasteiger partial charge in [-0.05, 0) is 18.6 Å². The van der Waals surface area contributed by atoms with Gasteiger partial charge in [-0.1, -0.05) is 19.1 Å². The summed E-state index contributed by atoms with van der Waals surface area (Å²) in [5, 5.41) is 5.42. The monoisotopic (exact) mass is 336 g/mol. The second-order valence-corrected chi connectivity index (χ2v) is 5.06. The molecule has 7 nitrogen and oxygen atoms in total. The minimum atomic E-state index is -0.462. The molecular weight excluding hydrogens is 312 g/mol. The van der Waals surface area contributed by atoms with E-state index in [1.54, 1.807) is 24.3 Å². The van der Waals surface area contributed by atoms with Gasteiger partial charge in [-0.3, -0.25) is 14.4 Å². The smallest absolute Gasteiger partial charge is 0.306 e. The molecule has 132 valence electrons. The molecule has 0 unspecified atom stereocenters. The van der Waals surface area contributed by atoms with E-state index in [9.17, 15) is 14.4 Å². The van der Waals surface area contributed by atoms with Crippen molar-refractivity contribution in [3.63, 3.8) is 0 Å². The van der Waals surface area contributed by atoms with Crippen LogP contribution >= 0.6 is 0 Å². The number of carbonyl (C=O) groups is 3. The van der Waals surface area contributed by atoms with Crippen molar-refractivity contribution in [1.82, 2.24) is 5.32 Å². The maximum Gasteiger partial charge on any atom is 0.306 e. The van der Waals surface area contributed by atoms with Gasteiger partial charge in [-0.25, -0.2) is 0 Å². The molecule has 0 saturated heterocycles. The van der Waals surface area contributed by atoms with Gasteiger partial charge in [0.1, 0.15) is 6.61 Å². The van der Waals surface area contributed by atoms with Crippen molar-refractivity contribution < 1.29 is 23.9 Å². The maximum atomic E-state index is 12.1. The fraction of sp³-hybridized carbons (Fsp3) is 0.471. The normalized spacial score (nSPS) is 10.1. The molecule has 2 N–H and O–H groups in total. The predicted octanol–water partition coefficient (Wildman–Crippen LogP) is 1.73. The highest BCUT2D eigenvalue weighted by Crippen LogP contribution is 2.15. The minimum absolute atomic E-state index is 0.0171. The van der Waals surface area contributed by atoms with Gasteiger partial charge < -0.3 is 20.1 Å². The van der Waals surface area contributed by atoms with Crippen LogP contribution < -0.4 is 10.6 Å². The van der Waals surface area contributed by atoms with Crippen LogP contribution in [0.15, 0.2) is 24.3 Å². The molecule has 0 bridgehead atoms. The lowest BCUT2D eigenvalue weighted by Crippen LogP contribution is -2.26. The lowest BCUT2D eigenvalue weighted by Gasteiger charge is -2.11. The van der Waals surface area contributed by atoms with E-state index >= 15 is 0 Å². The summed E-state index contributed by atoms with van der Waals surface area (Å²) in [5.41, 5.74) is 0.811. The molecule has 7 heteroatoms. The van der Waals surface area contributed by atoms with Gasteiger partial charge in [0.15, 0.2) is 0 Å². The Balaban J connectivity index is 2.52. The topological polar surface area (TPSA) is 93.7 Å². The molecule has 0 saturated carbocycles. The Hall–Kier alpha value is -2.41. The largest absolute Gasteiger partial charge is 0.463 e. The van der Waals surface area contributed by atoms with Crippen LogP contribution in [-0.2, 0) is 19.1 Å². The number of para-hydroxylation sites is 1. The summed E-state index contributed by atoms with van der Waals surface area (Å²) < 4.78 is 9.65. The van der Waals surface area contributed by atoms with E-state index in [0.717, 1.165) is 6.42 Å². The van der Waals surface area contributed by atoms with Crippen molar-refractivity contribution in [2.45, 2.75) is 26.2 Å². The standard InChI is InChI=1S/C17H24N2O5/c1-3-10-18-17(22)13-6-4-5-7-14(13)19-15(20)8-9-16(21)24-12-11-23-2/h4-7H,3,8-12H2,1-2H3,(H,18,22)(H,19,20). The molecule has 0 atom stereocenters. The second-order valence-electron chi connectivity index (χ2n) is 5.06. The van der Waals surface area contributed by atoms with E-state index < -0.39 is 5.97 Å². The van der Waals surface area contributed by atoms with Gasteiger partial charge in [0.05, 0.1) is 24.3 Å². The first kappa shape index (κ1) is 19.6. The van der Waals surface area contributed by atoms with Gasteiger partial charge in [0, 0.05) is 20.1 Å². The number of benzene rings is 1. The second kappa shape index (κ2) is 11.2. The number of carbonyl (C=O) groups excluding carboxylic acids is 3. The first-order chi connectivity index (χ1) is 11.6. The third-order valence-corrected chi connectivity index (χ3v) is 3.09. The lowest BCUT2D eigenvalue weighted by molar-refractivity contribution is -0.145. The predicted molar refractivity (Wildman–Crippen MR) is 89.8 cm³/mol. The van der Waals surface area contributed by atoms with E-state index in [2.05, 4.69) is 10.6 Å². The van der Waals surface area contributed by atoms with Crippen LogP contribution in [0.5, 0.6) is 0 Å². The molecule has 24 heavy (non-hydrogen) atoms. The van der Waals surface area contributed by atoms with Crippen LogP contribution in [0.3, 0.4) is 0 Å².